The second-order valence-corrected chi connectivity index (χ2v) is 23.9. The van der Waals surface area contributed by atoms with Crippen molar-refractivity contribution in [3.05, 3.63) is 154 Å². The molecule has 582 valence electrons. The third-order valence-electron chi connectivity index (χ3n) is 14.3. The Morgan fingerprint density at radius 1 is 0.380 bits per heavy atom. The molecule has 4 aromatic heterocycles. The average molecular weight is 1560 g/mol. The number of piperidine rings is 2. The maximum Gasteiger partial charge on any atom is 0.414 e. The molecule has 0 aliphatic carbocycles. The summed E-state index contributed by atoms with van der Waals surface area (Å²) in [5.41, 5.74) is 8.72. The summed E-state index contributed by atoms with van der Waals surface area (Å²) in [6, 6.07) is 30.3. The Kier molecular flexibility index (Phi) is 40.0. The molecule has 0 spiro atoms. The fourth-order valence-electron chi connectivity index (χ4n) is 9.32. The van der Waals surface area contributed by atoms with Crippen LogP contribution in [0.1, 0.15) is 59.8 Å². The number of aryl methyl sites for hydroxylation is 2. The van der Waals surface area contributed by atoms with E-state index in [2.05, 4.69) is 86.7 Å². The van der Waals surface area contributed by atoms with E-state index in [9.17, 15) is 8.78 Å². The minimum Gasteiger partial charge on any atom is -0.473 e. The second-order valence-electron chi connectivity index (χ2n) is 22.2. The van der Waals surface area contributed by atoms with E-state index in [1.807, 2.05) is 50.2 Å². The van der Waals surface area contributed by atoms with Gasteiger partial charge in [-0.1, -0.05) is 48.5 Å². The molecule has 0 radical (unpaired) electrons. The van der Waals surface area contributed by atoms with E-state index in [0.717, 1.165) is 145 Å². The number of carboxylic acids is 14. The highest BCUT2D eigenvalue weighted by molar-refractivity contribution is 7.14. The Balaban J connectivity index is 0.000000483. The lowest BCUT2D eigenvalue weighted by Gasteiger charge is -2.31. The molecule has 0 amide bonds. The standard InChI is InChI=1S/2C26H30FN5S.7C2H2O4/c2*1-19-18-33-26(29-19)28-12-15-31-13-10-20(11-14-31)16-25-30-23-4-2-3-5-24(23)32(25)17-21-6-8-22(27)9-7-21;7*3-1(4)2(5)6/h2*2-9,18,20H,10-17H2,1H3,(H,28,29);7*(H,3,4)(H,5,6). The van der Waals surface area contributed by atoms with Crippen molar-refractivity contribution in [2.45, 2.75) is 65.5 Å². The van der Waals surface area contributed by atoms with E-state index in [1.165, 1.54) is 49.9 Å². The van der Waals surface area contributed by atoms with Crippen LogP contribution >= 0.6 is 22.7 Å². The molecule has 6 heterocycles. The van der Waals surface area contributed by atoms with E-state index >= 15 is 0 Å². The topological polar surface area (TPSA) is 614 Å². The van der Waals surface area contributed by atoms with Crippen molar-refractivity contribution in [3.63, 3.8) is 0 Å². The van der Waals surface area contributed by atoms with Gasteiger partial charge in [0.25, 0.3) is 0 Å². The van der Waals surface area contributed by atoms with Gasteiger partial charge in [0, 0.05) is 62.9 Å². The molecule has 38 nitrogen and oxygen atoms in total. The first kappa shape index (κ1) is 91.1. The number of carbonyl (C=O) groups is 14. The summed E-state index contributed by atoms with van der Waals surface area (Å²) in [6.07, 6.45) is 6.74. The van der Waals surface area contributed by atoms with E-state index in [4.69, 9.17) is 149 Å². The molecule has 16 N–H and O–H groups in total. The van der Waals surface area contributed by atoms with Crippen molar-refractivity contribution in [2.75, 3.05) is 63.0 Å². The Morgan fingerprint density at radius 3 is 0.861 bits per heavy atom. The van der Waals surface area contributed by atoms with Crippen LogP contribution in [0.15, 0.2) is 108 Å². The zero-order chi connectivity index (χ0) is 81.3. The number of nitrogens with one attached hydrogen (secondary N) is 2. The fraction of sp³-hybridized carbons (Fsp3) is 0.303. The zero-order valence-corrected chi connectivity index (χ0v) is 58.6. The molecule has 2 aliphatic rings. The fourth-order valence-corrected chi connectivity index (χ4v) is 10.8. The third-order valence-corrected chi connectivity index (χ3v) is 16.1. The van der Waals surface area contributed by atoms with Gasteiger partial charge in [0.15, 0.2) is 10.3 Å². The number of nitrogens with zero attached hydrogens (tertiary/aromatic N) is 8. The molecule has 8 aromatic rings. The number of hydrogen-bond acceptors (Lipinski definition) is 24. The molecule has 0 saturated carbocycles. The van der Waals surface area contributed by atoms with Crippen LogP contribution in [0.4, 0.5) is 19.0 Å². The van der Waals surface area contributed by atoms with E-state index < -0.39 is 83.6 Å². The number of carboxylic acid groups (broad SMARTS) is 14. The minimum absolute atomic E-state index is 0.196. The average Bonchev–Trinajstić information content (AvgIpc) is 1.65. The number of benzene rings is 4. The maximum atomic E-state index is 13.4. The van der Waals surface area contributed by atoms with Gasteiger partial charge in [0.1, 0.15) is 23.3 Å². The summed E-state index contributed by atoms with van der Waals surface area (Å²) in [5.74, 6) is -22.4. The maximum absolute atomic E-state index is 13.4. The predicted octanol–water partition coefficient (Wildman–Crippen LogP) is 4.80. The molecule has 10 rings (SSSR count). The van der Waals surface area contributed by atoms with Crippen LogP contribution in [0.25, 0.3) is 22.1 Å². The number of anilines is 2. The van der Waals surface area contributed by atoms with Gasteiger partial charge < -0.3 is 101 Å². The highest BCUT2D eigenvalue weighted by Gasteiger charge is 2.25. The van der Waals surface area contributed by atoms with Gasteiger partial charge >= 0.3 is 83.6 Å². The normalized spacial score (nSPS) is 12.2. The largest absolute Gasteiger partial charge is 0.473 e. The quantitative estimate of drug-likeness (QED) is 0.0578. The molecular formula is C66H74F2N10O28S2. The van der Waals surface area contributed by atoms with Crippen LogP contribution in [0.5, 0.6) is 0 Å². The van der Waals surface area contributed by atoms with Crippen LogP contribution in [0.3, 0.4) is 0 Å². The number of thiazole rings is 2. The lowest BCUT2D eigenvalue weighted by Crippen LogP contribution is -2.37. The van der Waals surface area contributed by atoms with Gasteiger partial charge in [-0.25, -0.2) is 95.8 Å². The first-order chi connectivity index (χ1) is 50.8. The van der Waals surface area contributed by atoms with Crippen molar-refractivity contribution in [2.24, 2.45) is 11.8 Å². The summed E-state index contributed by atoms with van der Waals surface area (Å²) in [7, 11) is 0. The van der Waals surface area contributed by atoms with Crippen molar-refractivity contribution in [3.8, 4) is 0 Å². The van der Waals surface area contributed by atoms with Crippen molar-refractivity contribution in [1.82, 2.24) is 38.9 Å². The van der Waals surface area contributed by atoms with E-state index in [0.29, 0.717) is 11.8 Å². The van der Waals surface area contributed by atoms with Crippen molar-refractivity contribution < 1.29 is 147 Å². The smallest absolute Gasteiger partial charge is 0.414 e. The number of aromatic nitrogens is 6. The molecule has 2 fully saturated rings. The Morgan fingerprint density at radius 2 is 0.630 bits per heavy atom. The minimum atomic E-state index is -1.82. The molecule has 0 bridgehead atoms. The summed E-state index contributed by atoms with van der Waals surface area (Å²) in [6.45, 7) is 14.0. The molecule has 2 saturated heterocycles. The first-order valence-electron chi connectivity index (χ1n) is 31.2. The number of hydrogen-bond donors (Lipinski definition) is 16. The second kappa shape index (κ2) is 47.4. The number of para-hydroxylation sites is 4. The molecule has 4 aromatic carbocycles. The predicted molar refractivity (Wildman–Crippen MR) is 374 cm³/mol. The molecule has 2 aliphatic heterocycles. The lowest BCUT2D eigenvalue weighted by atomic mass is 9.93. The molecular weight excluding hydrogens is 1480 g/mol. The van der Waals surface area contributed by atoms with E-state index in [-0.39, 0.29) is 11.6 Å². The van der Waals surface area contributed by atoms with Crippen LogP contribution in [0, 0.1) is 37.3 Å². The number of likely N-dealkylation sites (tertiary alicyclic amines) is 2. The molecule has 108 heavy (non-hydrogen) atoms. The molecule has 0 unspecified atom stereocenters. The van der Waals surface area contributed by atoms with Crippen LogP contribution in [-0.4, -0.2) is 246 Å². The van der Waals surface area contributed by atoms with Gasteiger partial charge in [-0.15, -0.1) is 22.7 Å². The number of aliphatic carboxylic acids is 14. The van der Waals surface area contributed by atoms with Gasteiger partial charge in [-0.3, -0.25) is 0 Å². The summed E-state index contributed by atoms with van der Waals surface area (Å²) in [5, 5.41) is 117. The van der Waals surface area contributed by atoms with Gasteiger partial charge in [0.05, 0.1) is 33.5 Å². The number of halogens is 2. The number of rotatable bonds is 16. The Hall–Kier alpha value is -13.0. The highest BCUT2D eigenvalue weighted by atomic mass is 32.1. The van der Waals surface area contributed by atoms with Crippen LogP contribution in [-0.2, 0) is 93.1 Å². The third kappa shape index (κ3) is 36.5. The van der Waals surface area contributed by atoms with Gasteiger partial charge in [-0.2, -0.15) is 0 Å². The summed E-state index contributed by atoms with van der Waals surface area (Å²) < 4.78 is 31.4. The summed E-state index contributed by atoms with van der Waals surface area (Å²) >= 11 is 3.35. The van der Waals surface area contributed by atoms with E-state index in [1.54, 1.807) is 22.7 Å². The summed E-state index contributed by atoms with van der Waals surface area (Å²) in [4.78, 5) is 151. The highest BCUT2D eigenvalue weighted by Crippen LogP contribution is 2.28. The van der Waals surface area contributed by atoms with Crippen molar-refractivity contribution >= 4 is 139 Å². The monoisotopic (exact) mass is 1560 g/mol. The Bertz CT molecular complexity index is 3850. The first-order valence-corrected chi connectivity index (χ1v) is 32.9. The zero-order valence-electron chi connectivity index (χ0n) is 57.0. The van der Waals surface area contributed by atoms with Gasteiger partial charge in [-0.05, 0) is 137 Å². The lowest BCUT2D eigenvalue weighted by molar-refractivity contribution is -0.159. The number of fused-ring (bicyclic) bond motifs is 2. The Labute approximate surface area is 616 Å². The number of imidazole rings is 2. The van der Waals surface area contributed by atoms with Crippen LogP contribution in [0.2, 0.25) is 0 Å². The van der Waals surface area contributed by atoms with Crippen LogP contribution < -0.4 is 10.6 Å². The molecule has 42 heteroatoms. The van der Waals surface area contributed by atoms with Gasteiger partial charge in [0.2, 0.25) is 0 Å². The molecule has 0 atom stereocenters. The van der Waals surface area contributed by atoms with Crippen molar-refractivity contribution in [1.29, 1.82) is 0 Å². The SMILES string of the molecule is Cc1csc(NCCN2CCC(Cc3nc4ccccc4n3Cc3ccc(F)cc3)CC2)n1.Cc1csc(NCCN2CCC(Cc3nc4ccccc4n3Cc3ccc(F)cc3)CC2)n1.O=C(O)C(=O)O.O=C(O)C(=O)O.O=C(O)C(=O)O.O=C(O)C(=O)O.O=C(O)C(=O)O.O=C(O)C(=O)O.O=C(O)C(=O)O.